The Morgan fingerprint density at radius 1 is 1.15 bits per heavy atom. The molecule has 0 heterocycles. The summed E-state index contributed by atoms with van der Waals surface area (Å²) in [6.45, 7) is 0. The van der Waals surface area contributed by atoms with Crippen molar-refractivity contribution >= 4 is 5.91 Å². The van der Waals surface area contributed by atoms with Crippen molar-refractivity contribution in [1.29, 1.82) is 0 Å². The molecule has 0 unspecified atom stereocenters. The number of hydrogen-bond donors (Lipinski definition) is 1. The van der Waals surface area contributed by atoms with E-state index in [1.54, 1.807) is 0 Å². The summed E-state index contributed by atoms with van der Waals surface area (Å²) in [5.41, 5.74) is -3.41. The molecule has 0 bridgehead atoms. The predicted molar refractivity (Wildman–Crippen MR) is 56.4 cm³/mol. The molecule has 2 rings (SSSR count). The number of amides is 1. The molecular weight excluding hydrogens is 288 g/mol. The minimum absolute atomic E-state index is 0.214. The highest BCUT2D eigenvalue weighted by atomic mass is 19.4. The molecule has 1 aliphatic carbocycles. The van der Waals surface area contributed by atoms with Gasteiger partial charge in [-0.3, -0.25) is 4.79 Å². The molecule has 0 radical (unpaired) electrons. The van der Waals surface area contributed by atoms with E-state index in [4.69, 9.17) is 0 Å². The molecule has 110 valence electrons. The first kappa shape index (κ1) is 14.7. The maximum Gasteiger partial charge on any atom is 0.419 e. The molecule has 1 N–H and O–H groups in total. The van der Waals surface area contributed by atoms with Crippen LogP contribution in [0.5, 0.6) is 0 Å². The second-order valence-electron chi connectivity index (χ2n) is 4.51. The molecule has 1 amide bonds. The van der Waals surface area contributed by atoms with E-state index in [1.165, 1.54) is 0 Å². The Hall–Kier alpha value is -1.73. The molecular formula is C12H9F6NO. The van der Waals surface area contributed by atoms with Crippen LogP contribution in [-0.2, 0) is 6.18 Å². The lowest BCUT2D eigenvalue weighted by Crippen LogP contribution is -2.40. The quantitative estimate of drug-likeness (QED) is 0.658. The van der Waals surface area contributed by atoms with Crippen LogP contribution in [0.4, 0.5) is 26.3 Å². The number of halogens is 6. The van der Waals surface area contributed by atoms with Crippen LogP contribution < -0.4 is 5.32 Å². The summed E-state index contributed by atoms with van der Waals surface area (Å²) in [5, 5.41) is 2.23. The van der Waals surface area contributed by atoms with Crippen molar-refractivity contribution in [3.8, 4) is 0 Å². The van der Waals surface area contributed by atoms with Crippen molar-refractivity contribution in [2.24, 2.45) is 0 Å². The Bertz CT molecular complexity index is 550. The van der Waals surface area contributed by atoms with Crippen LogP contribution in [0.2, 0.25) is 0 Å². The highest BCUT2D eigenvalue weighted by Gasteiger charge is 2.38. The van der Waals surface area contributed by atoms with E-state index < -0.39 is 40.7 Å². The Morgan fingerprint density at radius 2 is 1.75 bits per heavy atom. The van der Waals surface area contributed by atoms with E-state index in [-0.39, 0.29) is 12.1 Å². The Balaban J connectivity index is 2.39. The second kappa shape index (κ2) is 4.99. The van der Waals surface area contributed by atoms with Gasteiger partial charge in [-0.25, -0.2) is 13.2 Å². The van der Waals surface area contributed by atoms with E-state index in [9.17, 15) is 31.1 Å². The molecule has 0 spiro atoms. The van der Waals surface area contributed by atoms with Crippen molar-refractivity contribution in [2.75, 3.05) is 0 Å². The summed E-state index contributed by atoms with van der Waals surface area (Å²) < 4.78 is 77.3. The lowest BCUT2D eigenvalue weighted by molar-refractivity contribution is -0.140. The summed E-state index contributed by atoms with van der Waals surface area (Å²) in [7, 11) is 0. The van der Waals surface area contributed by atoms with Gasteiger partial charge < -0.3 is 5.32 Å². The van der Waals surface area contributed by atoms with Crippen molar-refractivity contribution < 1.29 is 31.1 Å². The van der Waals surface area contributed by atoms with Crippen LogP contribution in [0, 0.1) is 17.5 Å². The lowest BCUT2D eigenvalue weighted by atomic mass is 9.93. The minimum Gasteiger partial charge on any atom is -0.349 e. The third-order valence-electron chi connectivity index (χ3n) is 3.13. The summed E-state index contributed by atoms with van der Waals surface area (Å²) in [4.78, 5) is 11.6. The number of nitrogens with one attached hydrogen (secondary N) is 1. The summed E-state index contributed by atoms with van der Waals surface area (Å²) in [5.74, 6) is -7.41. The van der Waals surface area contributed by atoms with Crippen LogP contribution >= 0.6 is 0 Å². The van der Waals surface area contributed by atoms with Gasteiger partial charge in [-0.05, 0) is 25.3 Å². The lowest BCUT2D eigenvalue weighted by Gasteiger charge is -2.26. The van der Waals surface area contributed by atoms with Crippen molar-refractivity contribution in [2.45, 2.75) is 31.5 Å². The van der Waals surface area contributed by atoms with Gasteiger partial charge >= 0.3 is 6.18 Å². The number of benzene rings is 1. The zero-order chi connectivity index (χ0) is 15.1. The van der Waals surface area contributed by atoms with E-state index in [2.05, 4.69) is 5.32 Å². The summed E-state index contributed by atoms with van der Waals surface area (Å²) in [6.07, 6.45) is -3.19. The first-order chi connectivity index (χ1) is 9.21. The fourth-order valence-electron chi connectivity index (χ4n) is 1.82. The van der Waals surface area contributed by atoms with Gasteiger partial charge in [0, 0.05) is 6.04 Å². The molecule has 1 fully saturated rings. The normalized spacial score (nSPS) is 15.9. The Labute approximate surface area is 109 Å². The van der Waals surface area contributed by atoms with Gasteiger partial charge in [-0.2, -0.15) is 13.2 Å². The van der Waals surface area contributed by atoms with Crippen LogP contribution in [-0.4, -0.2) is 11.9 Å². The fourth-order valence-corrected chi connectivity index (χ4v) is 1.82. The zero-order valence-electron chi connectivity index (χ0n) is 9.95. The van der Waals surface area contributed by atoms with Crippen molar-refractivity contribution in [3.63, 3.8) is 0 Å². The predicted octanol–water partition coefficient (Wildman–Crippen LogP) is 3.41. The number of carbonyl (C=O) groups is 1. The van der Waals surface area contributed by atoms with E-state index in [1.807, 2.05) is 0 Å². The topological polar surface area (TPSA) is 29.1 Å². The first-order valence-corrected chi connectivity index (χ1v) is 5.77. The van der Waals surface area contributed by atoms with Crippen LogP contribution in [0.15, 0.2) is 6.07 Å². The number of alkyl halides is 3. The maximum absolute atomic E-state index is 13.5. The third-order valence-corrected chi connectivity index (χ3v) is 3.13. The molecule has 1 saturated carbocycles. The van der Waals surface area contributed by atoms with Gasteiger partial charge in [-0.15, -0.1) is 0 Å². The molecule has 1 aliphatic rings. The number of rotatable bonds is 2. The smallest absolute Gasteiger partial charge is 0.349 e. The van der Waals surface area contributed by atoms with Gasteiger partial charge in [0.2, 0.25) is 0 Å². The highest BCUT2D eigenvalue weighted by Crippen LogP contribution is 2.34. The van der Waals surface area contributed by atoms with E-state index in [0.29, 0.717) is 12.8 Å². The van der Waals surface area contributed by atoms with Crippen LogP contribution in [0.3, 0.4) is 0 Å². The van der Waals surface area contributed by atoms with Gasteiger partial charge in [0.1, 0.15) is 11.4 Å². The molecule has 20 heavy (non-hydrogen) atoms. The third kappa shape index (κ3) is 2.59. The van der Waals surface area contributed by atoms with E-state index >= 15 is 0 Å². The van der Waals surface area contributed by atoms with Gasteiger partial charge in [0.05, 0.1) is 5.56 Å². The number of carbonyl (C=O) groups excluding carboxylic acids is 1. The average Bonchev–Trinajstić information content (AvgIpc) is 2.27. The molecule has 8 heteroatoms. The summed E-state index contributed by atoms with van der Waals surface area (Å²) >= 11 is 0. The largest absolute Gasteiger partial charge is 0.419 e. The molecule has 2 nitrogen and oxygen atoms in total. The molecule has 0 atom stereocenters. The standard InChI is InChI=1S/C12H9F6NO/c13-7-4-6(12(16,17)18)9(14)10(15)8(7)11(20)19-5-2-1-3-5/h4-5H,1-3H2,(H,19,20). The van der Waals surface area contributed by atoms with Crippen molar-refractivity contribution in [3.05, 3.63) is 34.6 Å². The van der Waals surface area contributed by atoms with Gasteiger partial charge in [-0.1, -0.05) is 0 Å². The maximum atomic E-state index is 13.5. The second-order valence-corrected chi connectivity index (χ2v) is 4.51. The number of hydrogen-bond acceptors (Lipinski definition) is 1. The minimum atomic E-state index is -5.24. The van der Waals surface area contributed by atoms with Gasteiger partial charge in [0.15, 0.2) is 11.6 Å². The van der Waals surface area contributed by atoms with Crippen LogP contribution in [0.1, 0.15) is 35.2 Å². The van der Waals surface area contributed by atoms with E-state index in [0.717, 1.165) is 6.42 Å². The molecule has 1 aromatic rings. The molecule has 0 saturated heterocycles. The molecule has 0 aromatic heterocycles. The van der Waals surface area contributed by atoms with Gasteiger partial charge in [0.25, 0.3) is 5.91 Å². The Morgan fingerprint density at radius 3 is 2.20 bits per heavy atom. The fraction of sp³-hybridized carbons (Fsp3) is 0.417. The summed E-state index contributed by atoms with van der Waals surface area (Å²) in [6, 6.07) is -0.500. The average molecular weight is 297 g/mol. The zero-order valence-corrected chi connectivity index (χ0v) is 9.95. The highest BCUT2D eigenvalue weighted by molar-refractivity contribution is 5.95. The monoisotopic (exact) mass is 297 g/mol. The first-order valence-electron chi connectivity index (χ1n) is 5.77. The van der Waals surface area contributed by atoms with Crippen LogP contribution in [0.25, 0.3) is 0 Å². The van der Waals surface area contributed by atoms with Crippen molar-refractivity contribution in [1.82, 2.24) is 5.32 Å². The molecule has 0 aliphatic heterocycles. The Kier molecular flexibility index (Phi) is 3.66. The molecule has 1 aromatic carbocycles. The SMILES string of the molecule is O=C(NC1CCC1)c1c(F)cc(C(F)(F)F)c(F)c1F.